The molecule has 0 aliphatic rings. The lowest BCUT2D eigenvalue weighted by atomic mass is 10.2. The maximum Gasteiger partial charge on any atom is 0.287 e. The highest BCUT2D eigenvalue weighted by Crippen LogP contribution is 2.24. The van der Waals surface area contributed by atoms with Crippen molar-refractivity contribution < 1.29 is 14.5 Å². The van der Waals surface area contributed by atoms with Crippen LogP contribution in [0.15, 0.2) is 30.0 Å². The van der Waals surface area contributed by atoms with Gasteiger partial charge in [0.25, 0.3) is 11.6 Å². The van der Waals surface area contributed by atoms with Crippen LogP contribution in [0.25, 0.3) is 0 Å². The molecule has 0 spiro atoms. The summed E-state index contributed by atoms with van der Waals surface area (Å²) in [5.41, 5.74) is 5.26. The number of nitro benzene ring substituents is 1. The first kappa shape index (κ1) is 19.4. The first-order chi connectivity index (χ1) is 11.2. The first-order valence-corrected chi connectivity index (χ1v) is 7.55. The van der Waals surface area contributed by atoms with E-state index in [4.69, 9.17) is 11.6 Å². The van der Waals surface area contributed by atoms with E-state index in [1.807, 2.05) is 13.8 Å². The molecule has 0 aromatic heterocycles. The second kappa shape index (κ2) is 8.88. The third kappa shape index (κ3) is 6.25. The molecule has 9 heteroatoms. The van der Waals surface area contributed by atoms with E-state index in [1.165, 1.54) is 18.2 Å². The Morgan fingerprint density at radius 2 is 2.00 bits per heavy atom. The molecule has 3 N–H and O–H groups in total. The van der Waals surface area contributed by atoms with Crippen molar-refractivity contribution in [2.24, 2.45) is 5.92 Å². The maximum atomic E-state index is 12.0. The minimum atomic E-state index is -0.634. The monoisotopic (exact) mass is 354 g/mol. The highest BCUT2D eigenvalue weighted by atomic mass is 35.5. The lowest BCUT2D eigenvalue weighted by Gasteiger charge is -2.10. The van der Waals surface area contributed by atoms with E-state index in [0.717, 1.165) is 6.07 Å². The number of hydrogen-bond acceptors (Lipinski definition) is 5. The molecule has 0 fully saturated rings. The Labute approximate surface area is 144 Å². The van der Waals surface area contributed by atoms with Gasteiger partial charge in [0.05, 0.1) is 4.92 Å². The molecule has 2 amide bonds. The second-order valence-corrected chi connectivity index (χ2v) is 5.88. The van der Waals surface area contributed by atoms with Crippen molar-refractivity contribution in [3.8, 4) is 0 Å². The number of carbonyl (C=O) groups excluding carboxylic acids is 2. The lowest BCUT2D eigenvalue weighted by molar-refractivity contribution is -0.384. The summed E-state index contributed by atoms with van der Waals surface area (Å²) in [5.74, 6) is -0.481. The number of carbonyl (C=O) groups is 2. The van der Waals surface area contributed by atoms with Gasteiger partial charge in [-0.2, -0.15) is 0 Å². The Morgan fingerprint density at radius 1 is 1.33 bits per heavy atom. The number of rotatable bonds is 7. The molecule has 0 bridgehead atoms. The van der Waals surface area contributed by atoms with Gasteiger partial charge in [0.2, 0.25) is 5.91 Å². The van der Waals surface area contributed by atoms with Gasteiger partial charge in [-0.25, -0.2) is 0 Å². The standard InChI is InChI=1S/C15H19ClN4O4/c1-9(2)8-17-14(21)6-10(3)18-19-15(22)11-4-5-13(20(23)24)12(16)7-11/h4-7,9,18H,8H2,1-3H3,(H,17,21)(H,19,22). The Morgan fingerprint density at radius 3 is 2.54 bits per heavy atom. The van der Waals surface area contributed by atoms with Crippen LogP contribution in [0.2, 0.25) is 5.02 Å². The molecule has 0 heterocycles. The third-order valence-electron chi connectivity index (χ3n) is 2.81. The number of halogens is 1. The van der Waals surface area contributed by atoms with Crippen molar-refractivity contribution in [3.63, 3.8) is 0 Å². The third-order valence-corrected chi connectivity index (χ3v) is 3.11. The average Bonchev–Trinajstić information content (AvgIpc) is 2.50. The molecule has 0 saturated heterocycles. The van der Waals surface area contributed by atoms with Crippen molar-refractivity contribution in [3.05, 3.63) is 50.7 Å². The van der Waals surface area contributed by atoms with Gasteiger partial charge < -0.3 is 10.7 Å². The molecule has 24 heavy (non-hydrogen) atoms. The summed E-state index contributed by atoms with van der Waals surface area (Å²) in [5, 5.41) is 13.3. The van der Waals surface area contributed by atoms with Crippen molar-refractivity contribution >= 4 is 29.1 Å². The molecule has 1 aromatic rings. The van der Waals surface area contributed by atoms with Crippen LogP contribution in [0, 0.1) is 16.0 Å². The summed E-state index contributed by atoms with van der Waals surface area (Å²) < 4.78 is 0. The quantitative estimate of drug-likeness (QED) is 0.394. The first-order valence-electron chi connectivity index (χ1n) is 7.17. The smallest absolute Gasteiger partial charge is 0.287 e. The van der Waals surface area contributed by atoms with Crippen LogP contribution < -0.4 is 16.2 Å². The van der Waals surface area contributed by atoms with E-state index < -0.39 is 10.8 Å². The van der Waals surface area contributed by atoms with Crippen molar-refractivity contribution in [2.45, 2.75) is 20.8 Å². The predicted molar refractivity (Wildman–Crippen MR) is 90.3 cm³/mol. The summed E-state index contributed by atoms with van der Waals surface area (Å²) in [6.45, 7) is 6.11. The molecule has 1 aromatic carbocycles. The van der Waals surface area contributed by atoms with Gasteiger partial charge in [-0.1, -0.05) is 25.4 Å². The summed E-state index contributed by atoms with van der Waals surface area (Å²) in [6.07, 6.45) is 1.31. The fraction of sp³-hybridized carbons (Fsp3) is 0.333. The van der Waals surface area contributed by atoms with E-state index in [9.17, 15) is 19.7 Å². The van der Waals surface area contributed by atoms with Crippen LogP contribution in [-0.4, -0.2) is 23.3 Å². The normalized spacial score (nSPS) is 11.1. The molecule has 0 radical (unpaired) electrons. The zero-order chi connectivity index (χ0) is 18.3. The van der Waals surface area contributed by atoms with Gasteiger partial charge in [-0.05, 0) is 25.0 Å². The van der Waals surface area contributed by atoms with Crippen molar-refractivity contribution in [1.29, 1.82) is 0 Å². The molecule has 1 rings (SSSR count). The van der Waals surface area contributed by atoms with E-state index in [2.05, 4.69) is 16.2 Å². The van der Waals surface area contributed by atoms with Crippen LogP contribution in [0.5, 0.6) is 0 Å². The summed E-state index contributed by atoms with van der Waals surface area (Å²) in [6, 6.07) is 3.64. The number of nitrogens with one attached hydrogen (secondary N) is 3. The molecule has 130 valence electrons. The van der Waals surface area contributed by atoms with Gasteiger partial charge in [-0.15, -0.1) is 0 Å². The maximum absolute atomic E-state index is 12.0. The van der Waals surface area contributed by atoms with E-state index >= 15 is 0 Å². The molecule has 0 unspecified atom stereocenters. The molecule has 0 atom stereocenters. The molecule has 0 aliphatic heterocycles. The Hall–Kier alpha value is -2.61. The SMILES string of the molecule is CC(=CC(=O)NCC(C)C)NNC(=O)c1ccc([N+](=O)[O-])c(Cl)c1. The van der Waals surface area contributed by atoms with Crippen molar-refractivity contribution in [2.75, 3.05) is 6.54 Å². The molecular formula is C15H19ClN4O4. The van der Waals surface area contributed by atoms with Crippen molar-refractivity contribution in [1.82, 2.24) is 16.2 Å². The number of nitro groups is 1. The number of hydrazine groups is 1. The van der Waals surface area contributed by atoms with Gasteiger partial charge >= 0.3 is 0 Å². The van der Waals surface area contributed by atoms with Gasteiger partial charge in [0.15, 0.2) is 0 Å². The minimum Gasteiger partial charge on any atom is -0.352 e. The fourth-order valence-corrected chi connectivity index (χ4v) is 1.86. The zero-order valence-corrected chi connectivity index (χ0v) is 14.3. The molecule has 0 saturated carbocycles. The highest BCUT2D eigenvalue weighted by Gasteiger charge is 2.15. The number of amides is 2. The lowest BCUT2D eigenvalue weighted by Crippen LogP contribution is -2.37. The summed E-state index contributed by atoms with van der Waals surface area (Å²) in [7, 11) is 0. The number of hydrogen-bond donors (Lipinski definition) is 3. The van der Waals surface area contributed by atoms with Crippen LogP contribution in [0.4, 0.5) is 5.69 Å². The largest absolute Gasteiger partial charge is 0.352 e. The Kier molecular flexibility index (Phi) is 7.19. The van der Waals surface area contributed by atoms with Crippen LogP contribution in [0.3, 0.4) is 0 Å². The minimum absolute atomic E-state index is 0.132. The average molecular weight is 355 g/mol. The second-order valence-electron chi connectivity index (χ2n) is 5.47. The number of allylic oxidation sites excluding steroid dienone is 1. The summed E-state index contributed by atoms with van der Waals surface area (Å²) >= 11 is 5.75. The fourth-order valence-electron chi connectivity index (χ4n) is 1.61. The molecule has 8 nitrogen and oxygen atoms in total. The Balaban J connectivity index is 2.61. The van der Waals surface area contributed by atoms with E-state index in [0.29, 0.717) is 18.2 Å². The predicted octanol–water partition coefficient (Wildman–Crippen LogP) is 2.16. The van der Waals surface area contributed by atoms with E-state index in [-0.39, 0.29) is 22.2 Å². The van der Waals surface area contributed by atoms with Gasteiger partial charge in [0.1, 0.15) is 5.02 Å². The van der Waals surface area contributed by atoms with Crippen LogP contribution in [-0.2, 0) is 4.79 Å². The summed E-state index contributed by atoms with van der Waals surface area (Å²) in [4.78, 5) is 33.6. The van der Waals surface area contributed by atoms with Crippen LogP contribution in [0.1, 0.15) is 31.1 Å². The number of nitrogens with zero attached hydrogens (tertiary/aromatic N) is 1. The topological polar surface area (TPSA) is 113 Å². The van der Waals surface area contributed by atoms with Gasteiger partial charge in [-0.3, -0.25) is 25.1 Å². The molecule has 0 aliphatic carbocycles. The number of benzene rings is 1. The van der Waals surface area contributed by atoms with Crippen LogP contribution >= 0.6 is 11.6 Å². The Bertz CT molecular complexity index is 673. The highest BCUT2D eigenvalue weighted by molar-refractivity contribution is 6.33. The molecular weight excluding hydrogens is 336 g/mol. The zero-order valence-electron chi connectivity index (χ0n) is 13.6. The van der Waals surface area contributed by atoms with Gasteiger partial charge in [0, 0.05) is 29.9 Å². The van der Waals surface area contributed by atoms with E-state index in [1.54, 1.807) is 6.92 Å².